The third kappa shape index (κ3) is 6.56. The molecule has 0 aromatic carbocycles. The van der Waals surface area contributed by atoms with Crippen LogP contribution in [-0.4, -0.2) is 60.4 Å². The first kappa shape index (κ1) is 32.0. The van der Waals surface area contributed by atoms with Crippen LogP contribution in [0.5, 0.6) is 0 Å². The second-order valence-electron chi connectivity index (χ2n) is 5.95. The molecule has 0 saturated heterocycles. The van der Waals surface area contributed by atoms with Crippen LogP contribution < -0.4 is 0 Å². The van der Waals surface area contributed by atoms with Gasteiger partial charge in [0.05, 0.1) is 0 Å². The van der Waals surface area contributed by atoms with Crippen molar-refractivity contribution in [2.75, 3.05) is 0 Å². The molecule has 0 unspecified atom stereocenters. The van der Waals surface area contributed by atoms with E-state index in [9.17, 15) is 82.7 Å². The van der Waals surface area contributed by atoms with Crippen molar-refractivity contribution in [3.8, 4) is 0 Å². The lowest BCUT2D eigenvalue weighted by atomic mass is 10.0. The van der Waals surface area contributed by atoms with Crippen LogP contribution in [0.2, 0.25) is 12.6 Å². The molecule has 0 aliphatic heterocycles. The first-order valence-corrected chi connectivity index (χ1v) is 12.4. The summed E-state index contributed by atoms with van der Waals surface area (Å²) in [4.78, 5) is 0. The zero-order chi connectivity index (χ0) is 27.3. The zero-order valence-electron chi connectivity index (χ0n) is 14.8. The maximum absolute atomic E-state index is 13.5. The van der Waals surface area contributed by atoms with Crippen molar-refractivity contribution in [2.45, 2.75) is 54.0 Å². The van der Waals surface area contributed by atoms with Crippen LogP contribution in [0.4, 0.5) is 65.9 Å². The Morgan fingerprint density at radius 3 is 1.15 bits per heavy atom. The van der Waals surface area contributed by atoms with Gasteiger partial charge in [0.1, 0.15) is 0 Å². The van der Waals surface area contributed by atoms with Crippen molar-refractivity contribution in [3.05, 3.63) is 0 Å². The third-order valence-corrected chi connectivity index (χ3v) is 10.1. The number of hydrogen-bond donors (Lipinski definition) is 0. The lowest BCUT2D eigenvalue weighted by Crippen LogP contribution is -2.61. The molecule has 0 amide bonds. The van der Waals surface area contributed by atoms with Crippen LogP contribution >= 0.6 is 0 Å². The molecule has 33 heavy (non-hydrogen) atoms. The molecule has 0 aromatic heterocycles. The second-order valence-corrected chi connectivity index (χ2v) is 12.8. The van der Waals surface area contributed by atoms with E-state index in [1.54, 1.807) is 0 Å². The average Bonchev–Trinajstić information content (AvgIpc) is 2.48. The smallest absolute Gasteiger partial charge is 0.277 e. The molecular formula is C9H7F15O6S2Si. The molecule has 0 aromatic rings. The molecule has 24 heteroatoms. The molecule has 0 aliphatic carbocycles. The molecule has 0 spiro atoms. The molecule has 0 aliphatic rings. The van der Waals surface area contributed by atoms with E-state index in [1.807, 2.05) is 0 Å². The highest BCUT2D eigenvalue weighted by Gasteiger charge is 2.81. The Balaban J connectivity index is 6.37. The monoisotopic (exact) mass is 588 g/mol. The number of alkyl halides is 15. The first-order valence-electron chi connectivity index (χ1n) is 7.11. The summed E-state index contributed by atoms with van der Waals surface area (Å²) in [6.45, 7) is -0.435. The minimum absolute atomic E-state index is 0.435. The molecule has 200 valence electrons. The maximum Gasteiger partial charge on any atom is 0.522 e. The molecular weight excluding hydrogens is 581 g/mol. The van der Waals surface area contributed by atoms with Crippen molar-refractivity contribution < 1.29 is 90.4 Å². The van der Waals surface area contributed by atoms with E-state index in [2.05, 4.69) is 7.74 Å². The number of hydrogen-bond acceptors (Lipinski definition) is 6. The van der Waals surface area contributed by atoms with Crippen LogP contribution in [-0.2, 0) is 28.0 Å². The van der Waals surface area contributed by atoms with Gasteiger partial charge in [-0.2, -0.15) is 82.7 Å². The van der Waals surface area contributed by atoms with E-state index < -0.39 is 82.8 Å². The zero-order valence-corrected chi connectivity index (χ0v) is 17.5. The van der Waals surface area contributed by atoms with E-state index in [-0.39, 0.29) is 0 Å². The van der Waals surface area contributed by atoms with Crippen LogP contribution in [0.15, 0.2) is 0 Å². The first-order chi connectivity index (χ1) is 13.9. The molecule has 0 atom stereocenters. The van der Waals surface area contributed by atoms with E-state index in [0.717, 1.165) is 0 Å². The van der Waals surface area contributed by atoms with E-state index >= 15 is 0 Å². The Kier molecular flexibility index (Phi) is 8.32. The largest absolute Gasteiger partial charge is 0.522 e. The van der Waals surface area contributed by atoms with Gasteiger partial charge in [-0.25, -0.2) is 0 Å². The molecule has 0 heterocycles. The molecule has 0 radical (unpaired) electrons. The Hall–Kier alpha value is -1.01. The number of halogens is 15. The van der Waals surface area contributed by atoms with Gasteiger partial charge in [0.15, 0.2) is 0 Å². The summed E-state index contributed by atoms with van der Waals surface area (Å²) in [6, 6.07) is -2.70. The van der Waals surface area contributed by atoms with Gasteiger partial charge in [-0.05, 0) is 12.6 Å². The summed E-state index contributed by atoms with van der Waals surface area (Å²) in [5.74, 6) is -21.5. The van der Waals surface area contributed by atoms with Crippen molar-refractivity contribution in [1.29, 1.82) is 0 Å². The van der Waals surface area contributed by atoms with Gasteiger partial charge in [0.25, 0.3) is 0 Å². The fourth-order valence-corrected chi connectivity index (χ4v) is 7.87. The van der Waals surface area contributed by atoms with Crippen molar-refractivity contribution in [2.24, 2.45) is 0 Å². The van der Waals surface area contributed by atoms with Crippen LogP contribution in [0.3, 0.4) is 0 Å². The van der Waals surface area contributed by atoms with Crippen molar-refractivity contribution in [1.82, 2.24) is 0 Å². The molecule has 6 nitrogen and oxygen atoms in total. The Bertz CT molecular complexity index is 871. The highest BCUT2D eigenvalue weighted by atomic mass is 32.2. The summed E-state index contributed by atoms with van der Waals surface area (Å²) >= 11 is 0. The van der Waals surface area contributed by atoms with Gasteiger partial charge in [-0.1, -0.05) is 0 Å². The standard InChI is InChI=1S/C9H7F15O6S2Si/c1-33(29-31(25,26)8(19,20)21,30-32(27,28)9(22,23)24)3-2-4(10,11)5(12,13)6(14,15)7(16,17)18/h2-3H2,1H3. The molecule has 0 rings (SSSR count). The fourth-order valence-electron chi connectivity index (χ4n) is 1.60. The van der Waals surface area contributed by atoms with E-state index in [4.69, 9.17) is 0 Å². The van der Waals surface area contributed by atoms with Gasteiger partial charge >= 0.3 is 63.8 Å². The van der Waals surface area contributed by atoms with Crippen LogP contribution in [0, 0.1) is 0 Å². The maximum atomic E-state index is 13.5. The van der Waals surface area contributed by atoms with Gasteiger partial charge in [0, 0.05) is 6.42 Å². The summed E-state index contributed by atoms with van der Waals surface area (Å²) < 4.78 is 239. The van der Waals surface area contributed by atoms with Crippen LogP contribution in [0.25, 0.3) is 0 Å². The lowest BCUT2D eigenvalue weighted by Gasteiger charge is -2.35. The highest BCUT2D eigenvalue weighted by molar-refractivity contribution is 7.90. The normalized spacial score (nSPS) is 16.2. The van der Waals surface area contributed by atoms with Crippen molar-refractivity contribution in [3.63, 3.8) is 0 Å². The van der Waals surface area contributed by atoms with E-state index in [1.165, 1.54) is 0 Å². The van der Waals surface area contributed by atoms with Gasteiger partial charge in [-0.3, -0.25) is 7.74 Å². The van der Waals surface area contributed by atoms with Gasteiger partial charge in [0.2, 0.25) is 0 Å². The second kappa shape index (κ2) is 8.58. The SMILES string of the molecule is C[Si](CCC(F)(F)C(F)(F)C(F)(F)C(F)(F)F)(OS(=O)(=O)C(F)(F)F)OS(=O)(=O)C(F)(F)F. The molecule has 0 N–H and O–H groups in total. The predicted molar refractivity (Wildman–Crippen MR) is 74.1 cm³/mol. The van der Waals surface area contributed by atoms with Crippen LogP contribution in [0.1, 0.15) is 6.42 Å². The summed E-state index contributed by atoms with van der Waals surface area (Å²) in [5, 5.41) is 0. The summed E-state index contributed by atoms with van der Waals surface area (Å²) in [6.07, 6.45) is -10.6. The summed E-state index contributed by atoms with van der Waals surface area (Å²) in [7, 11) is -20.9. The average molecular weight is 588 g/mol. The fraction of sp³-hybridized carbons (Fsp3) is 1.00. The van der Waals surface area contributed by atoms with Crippen molar-refractivity contribution >= 4 is 28.8 Å². The van der Waals surface area contributed by atoms with E-state index in [0.29, 0.717) is 0 Å². The molecule has 0 saturated carbocycles. The third-order valence-electron chi connectivity index (χ3n) is 3.24. The van der Waals surface area contributed by atoms with Gasteiger partial charge in [-0.15, -0.1) is 0 Å². The highest BCUT2D eigenvalue weighted by Crippen LogP contribution is 2.54. The van der Waals surface area contributed by atoms with Gasteiger partial charge < -0.3 is 0 Å². The molecule has 0 fully saturated rings. The lowest BCUT2D eigenvalue weighted by molar-refractivity contribution is -0.396. The topological polar surface area (TPSA) is 86.7 Å². The Morgan fingerprint density at radius 2 is 0.909 bits per heavy atom. The Morgan fingerprint density at radius 1 is 0.606 bits per heavy atom. The molecule has 0 bridgehead atoms. The number of rotatable bonds is 9. The Labute approximate surface area is 174 Å². The summed E-state index contributed by atoms with van der Waals surface area (Å²) in [5.41, 5.74) is -13.2. The minimum Gasteiger partial charge on any atom is -0.277 e. The predicted octanol–water partition coefficient (Wildman–Crippen LogP) is 4.65. The quantitative estimate of drug-likeness (QED) is 0.222. The minimum atomic E-state index is -7.51.